The third-order valence-corrected chi connectivity index (χ3v) is 7.98. The van der Waals surface area contributed by atoms with Gasteiger partial charge in [-0.2, -0.15) is 10.1 Å². The molecule has 1 fully saturated rings. The lowest BCUT2D eigenvalue weighted by Crippen LogP contribution is -2.15. The Kier molecular flexibility index (Phi) is 6.25. The lowest BCUT2D eigenvalue weighted by Gasteiger charge is -2.15. The van der Waals surface area contributed by atoms with E-state index in [1.54, 1.807) is 18.2 Å². The van der Waals surface area contributed by atoms with E-state index in [1.807, 2.05) is 67.9 Å². The van der Waals surface area contributed by atoms with E-state index >= 15 is 0 Å². The van der Waals surface area contributed by atoms with Crippen molar-refractivity contribution in [2.45, 2.75) is 50.7 Å². The summed E-state index contributed by atoms with van der Waals surface area (Å²) in [6, 6.07) is 18.5. The molecule has 11 heteroatoms. The van der Waals surface area contributed by atoms with Gasteiger partial charge in [0.2, 0.25) is 11.8 Å². The van der Waals surface area contributed by atoms with Gasteiger partial charge in [-0.25, -0.2) is 28.1 Å². The minimum Gasteiger partial charge on any atom is -0.470 e. The molecular weight excluding hydrogens is 526 g/mol. The van der Waals surface area contributed by atoms with Crippen molar-refractivity contribution >= 4 is 26.8 Å². The zero-order chi connectivity index (χ0) is 28.1. The molecule has 2 aromatic carbocycles. The van der Waals surface area contributed by atoms with Crippen LogP contribution in [-0.4, -0.2) is 50.0 Å². The van der Waals surface area contributed by atoms with E-state index in [2.05, 4.69) is 25.4 Å². The molecule has 1 aliphatic rings. The molecule has 1 N–H and O–H groups in total. The highest BCUT2D eigenvalue weighted by Crippen LogP contribution is 2.41. The molecule has 3 heterocycles. The van der Waals surface area contributed by atoms with Crippen LogP contribution in [0.25, 0.3) is 28.0 Å². The van der Waals surface area contributed by atoms with Crippen LogP contribution in [0.4, 0.5) is 5.95 Å². The van der Waals surface area contributed by atoms with Crippen molar-refractivity contribution < 1.29 is 13.2 Å². The minimum absolute atomic E-state index is 0.240. The van der Waals surface area contributed by atoms with E-state index in [-0.39, 0.29) is 10.5 Å². The molecule has 0 spiro atoms. The molecule has 0 amide bonds. The number of hydrogen-bond donors (Lipinski definition) is 1. The number of ether oxygens (including phenoxy) is 1. The minimum atomic E-state index is -3.34. The predicted molar refractivity (Wildman–Crippen MR) is 152 cm³/mol. The van der Waals surface area contributed by atoms with E-state index < -0.39 is 9.84 Å². The van der Waals surface area contributed by atoms with E-state index in [0.29, 0.717) is 40.7 Å². The van der Waals surface area contributed by atoms with E-state index in [1.165, 1.54) is 6.26 Å². The fourth-order valence-electron chi connectivity index (χ4n) is 4.40. The molecule has 0 bridgehead atoms. The molecule has 0 aliphatic heterocycles. The van der Waals surface area contributed by atoms with Crippen molar-refractivity contribution in [1.82, 2.24) is 29.7 Å². The van der Waals surface area contributed by atoms with Crippen LogP contribution in [0.5, 0.6) is 5.88 Å². The maximum Gasteiger partial charge on any atom is 0.246 e. The van der Waals surface area contributed by atoms with Crippen LogP contribution in [-0.2, 0) is 16.4 Å². The Morgan fingerprint density at radius 3 is 2.42 bits per heavy atom. The Balaban J connectivity index is 1.29. The summed E-state index contributed by atoms with van der Waals surface area (Å²) in [6.45, 7) is 6.37. The maximum absolute atomic E-state index is 12.1. The predicted octanol–water partition coefficient (Wildman–Crippen LogP) is 4.84. The first-order valence-electron chi connectivity index (χ1n) is 13.0. The van der Waals surface area contributed by atoms with E-state index in [9.17, 15) is 8.42 Å². The average Bonchev–Trinajstić information content (AvgIpc) is 3.56. The molecule has 3 aromatic heterocycles. The SMILES string of the molecule is Cc1nc(C)n(-c2ccc(CNc3nc(OC4(C)CC4)c4nc(-c5cccc(S(C)(=O)=O)c5)ccc4n3)cc2)n1. The molecule has 0 radical (unpaired) electrons. The smallest absolute Gasteiger partial charge is 0.246 e. The highest BCUT2D eigenvalue weighted by molar-refractivity contribution is 7.90. The molecule has 1 aliphatic carbocycles. The average molecular weight is 556 g/mol. The number of aryl methyl sites for hydroxylation is 2. The van der Waals surface area contributed by atoms with Gasteiger partial charge in [0, 0.05) is 18.4 Å². The Hall–Kier alpha value is -4.38. The Morgan fingerprint density at radius 1 is 0.975 bits per heavy atom. The van der Waals surface area contributed by atoms with Crippen LogP contribution >= 0.6 is 0 Å². The number of aromatic nitrogens is 6. The lowest BCUT2D eigenvalue weighted by atomic mass is 10.1. The normalized spacial score (nSPS) is 14.3. The van der Waals surface area contributed by atoms with Gasteiger partial charge in [-0.1, -0.05) is 24.3 Å². The molecule has 0 saturated heterocycles. The van der Waals surface area contributed by atoms with Crippen molar-refractivity contribution in [3.05, 3.63) is 77.9 Å². The van der Waals surface area contributed by atoms with E-state index in [0.717, 1.165) is 35.7 Å². The van der Waals surface area contributed by atoms with Gasteiger partial charge in [0.1, 0.15) is 17.2 Å². The third-order valence-electron chi connectivity index (χ3n) is 6.87. The van der Waals surface area contributed by atoms with Crippen molar-refractivity contribution in [1.29, 1.82) is 0 Å². The van der Waals surface area contributed by atoms with Crippen molar-refractivity contribution in [2.75, 3.05) is 11.6 Å². The number of hydrogen-bond acceptors (Lipinski definition) is 9. The van der Waals surface area contributed by atoms with Crippen LogP contribution in [0.1, 0.15) is 37.0 Å². The first kappa shape index (κ1) is 25.9. The van der Waals surface area contributed by atoms with Crippen LogP contribution in [0, 0.1) is 13.8 Å². The quantitative estimate of drug-likeness (QED) is 0.286. The second-order valence-corrected chi connectivity index (χ2v) is 12.4. The van der Waals surface area contributed by atoms with Gasteiger partial charge in [0.25, 0.3) is 0 Å². The number of pyridine rings is 1. The molecule has 204 valence electrons. The second kappa shape index (κ2) is 9.67. The molecule has 40 heavy (non-hydrogen) atoms. The molecular formula is C29H29N7O3S. The topological polar surface area (TPSA) is 125 Å². The first-order valence-corrected chi connectivity index (χ1v) is 14.9. The Bertz CT molecular complexity index is 1850. The first-order chi connectivity index (χ1) is 19.1. The van der Waals surface area contributed by atoms with Crippen LogP contribution in [0.3, 0.4) is 0 Å². The third kappa shape index (κ3) is 5.37. The van der Waals surface area contributed by atoms with E-state index in [4.69, 9.17) is 9.72 Å². The number of nitrogens with one attached hydrogen (secondary N) is 1. The summed E-state index contributed by atoms with van der Waals surface area (Å²) in [5.74, 6) is 2.41. The number of anilines is 1. The summed E-state index contributed by atoms with van der Waals surface area (Å²) in [4.78, 5) is 18.8. The fraction of sp³-hybridized carbons (Fsp3) is 0.276. The molecule has 1 saturated carbocycles. The molecule has 5 aromatic rings. The van der Waals surface area contributed by atoms with Gasteiger partial charge >= 0.3 is 0 Å². The van der Waals surface area contributed by atoms with Gasteiger partial charge in [0.15, 0.2) is 15.4 Å². The summed E-state index contributed by atoms with van der Waals surface area (Å²) >= 11 is 0. The largest absolute Gasteiger partial charge is 0.470 e. The molecule has 6 rings (SSSR count). The number of benzene rings is 2. The molecule has 0 atom stereocenters. The zero-order valence-corrected chi connectivity index (χ0v) is 23.5. The molecule has 0 unspecified atom stereocenters. The Morgan fingerprint density at radius 2 is 1.75 bits per heavy atom. The van der Waals surface area contributed by atoms with Gasteiger partial charge in [-0.3, -0.25) is 0 Å². The number of sulfone groups is 1. The second-order valence-electron chi connectivity index (χ2n) is 10.4. The number of fused-ring (bicyclic) bond motifs is 1. The van der Waals surface area contributed by atoms with Crippen molar-refractivity contribution in [2.24, 2.45) is 0 Å². The number of nitrogens with zero attached hydrogens (tertiary/aromatic N) is 6. The molecule has 10 nitrogen and oxygen atoms in total. The summed E-state index contributed by atoms with van der Waals surface area (Å²) in [6.07, 6.45) is 3.07. The lowest BCUT2D eigenvalue weighted by molar-refractivity contribution is 0.194. The maximum atomic E-state index is 12.1. The van der Waals surface area contributed by atoms with Gasteiger partial charge in [0.05, 0.1) is 21.8 Å². The zero-order valence-electron chi connectivity index (χ0n) is 22.7. The summed E-state index contributed by atoms with van der Waals surface area (Å²) in [5.41, 5.74) is 4.19. The standard InChI is InChI=1S/C29H29N7O3S/c1-18-31-19(2)36(35-18)22-10-8-20(9-11-22)17-30-28-33-25-13-12-24(21-6-5-7-23(16-21)40(4,37)38)32-26(25)27(34-28)39-29(3)14-15-29/h5-13,16H,14-15,17H2,1-4H3,(H,30,33,34). The summed E-state index contributed by atoms with van der Waals surface area (Å²) in [5, 5.41) is 7.75. The van der Waals surface area contributed by atoms with Gasteiger partial charge in [-0.05, 0) is 75.6 Å². The van der Waals surface area contributed by atoms with Crippen molar-refractivity contribution in [3.63, 3.8) is 0 Å². The fourth-order valence-corrected chi connectivity index (χ4v) is 5.06. The monoisotopic (exact) mass is 555 g/mol. The Labute approximate surface area is 232 Å². The summed E-state index contributed by atoms with van der Waals surface area (Å²) < 4.78 is 32.3. The van der Waals surface area contributed by atoms with Crippen LogP contribution in [0.2, 0.25) is 0 Å². The van der Waals surface area contributed by atoms with Gasteiger partial charge < -0.3 is 10.1 Å². The highest BCUT2D eigenvalue weighted by Gasteiger charge is 2.41. The van der Waals surface area contributed by atoms with Crippen LogP contribution < -0.4 is 10.1 Å². The van der Waals surface area contributed by atoms with Crippen molar-refractivity contribution in [3.8, 4) is 22.8 Å². The van der Waals surface area contributed by atoms with Gasteiger partial charge in [-0.15, -0.1) is 0 Å². The number of rotatable bonds is 8. The highest BCUT2D eigenvalue weighted by atomic mass is 32.2. The summed E-state index contributed by atoms with van der Waals surface area (Å²) in [7, 11) is -3.34. The van der Waals surface area contributed by atoms with Crippen LogP contribution in [0.15, 0.2) is 65.6 Å².